The van der Waals surface area contributed by atoms with E-state index in [1.165, 1.54) is 24.1 Å². The molecule has 19 heavy (non-hydrogen) atoms. The van der Waals surface area contributed by atoms with Gasteiger partial charge in [0.15, 0.2) is 0 Å². The average Bonchev–Trinajstić information content (AvgIpc) is 3.10. The number of para-hydroxylation sites is 1. The fraction of sp³-hybridized carbons (Fsp3) is 0.625. The molecule has 2 N–H and O–H groups in total. The Hall–Kier alpha value is -0.730. The minimum Gasteiger partial charge on any atom is -0.367 e. The molecule has 1 unspecified atom stereocenters. The third kappa shape index (κ3) is 3.87. The number of halogens is 1. The lowest BCUT2D eigenvalue weighted by molar-refractivity contribution is 0.637. The van der Waals surface area contributed by atoms with E-state index in [2.05, 4.69) is 24.8 Å². The Morgan fingerprint density at radius 2 is 2.00 bits per heavy atom. The molecule has 0 spiro atoms. The van der Waals surface area contributed by atoms with Crippen molar-refractivity contribution in [2.24, 2.45) is 11.7 Å². The molecule has 1 fully saturated rings. The highest BCUT2D eigenvalue weighted by Gasteiger charge is 2.27. The van der Waals surface area contributed by atoms with Crippen LogP contribution in [0.5, 0.6) is 0 Å². The fourth-order valence-electron chi connectivity index (χ4n) is 2.53. The summed E-state index contributed by atoms with van der Waals surface area (Å²) in [5, 5.41) is 0.854. The van der Waals surface area contributed by atoms with Gasteiger partial charge in [-0.25, -0.2) is 0 Å². The number of hydrogen-bond acceptors (Lipinski definition) is 2. The molecular formula is C16H25ClN2. The molecule has 0 heterocycles. The topological polar surface area (TPSA) is 29.3 Å². The van der Waals surface area contributed by atoms with Gasteiger partial charge in [0.25, 0.3) is 0 Å². The smallest absolute Gasteiger partial charge is 0.0642 e. The summed E-state index contributed by atoms with van der Waals surface area (Å²) in [6.45, 7) is 7.64. The largest absolute Gasteiger partial charge is 0.367 e. The zero-order valence-electron chi connectivity index (χ0n) is 12.2. The molecule has 1 atom stereocenters. The van der Waals surface area contributed by atoms with Crippen molar-refractivity contribution in [3.8, 4) is 0 Å². The van der Waals surface area contributed by atoms with Gasteiger partial charge in [0.2, 0.25) is 0 Å². The highest BCUT2D eigenvalue weighted by Crippen LogP contribution is 2.37. The predicted molar refractivity (Wildman–Crippen MR) is 84.0 cm³/mol. The lowest BCUT2D eigenvalue weighted by Crippen LogP contribution is -2.34. The molecule has 0 radical (unpaired) electrons. The maximum Gasteiger partial charge on any atom is 0.0642 e. The molecule has 2 nitrogen and oxygen atoms in total. The van der Waals surface area contributed by atoms with Crippen LogP contribution in [0.2, 0.25) is 5.02 Å². The summed E-state index contributed by atoms with van der Waals surface area (Å²) in [4.78, 5) is 2.46. The van der Waals surface area contributed by atoms with Gasteiger partial charge in [-0.1, -0.05) is 23.7 Å². The molecule has 1 saturated carbocycles. The third-order valence-electron chi connectivity index (χ3n) is 3.67. The first-order valence-electron chi connectivity index (χ1n) is 7.28. The number of nitrogens with zero attached hydrogens (tertiary/aromatic N) is 1. The monoisotopic (exact) mass is 280 g/mol. The van der Waals surface area contributed by atoms with Crippen LogP contribution in [-0.2, 0) is 6.42 Å². The van der Waals surface area contributed by atoms with Gasteiger partial charge in [-0.15, -0.1) is 0 Å². The van der Waals surface area contributed by atoms with Crippen molar-refractivity contribution in [1.29, 1.82) is 0 Å². The van der Waals surface area contributed by atoms with Gasteiger partial charge in [-0.05, 0) is 57.6 Å². The third-order valence-corrected chi connectivity index (χ3v) is 3.98. The Kier molecular flexibility index (Phi) is 4.75. The van der Waals surface area contributed by atoms with Crippen LogP contribution in [0.15, 0.2) is 18.2 Å². The SMILES string of the molecule is CC(N)Cc1cccc(Cl)c1N(CC1CC1)C(C)C. The zero-order chi connectivity index (χ0) is 14.0. The van der Waals surface area contributed by atoms with Crippen molar-refractivity contribution in [2.75, 3.05) is 11.4 Å². The van der Waals surface area contributed by atoms with Gasteiger partial charge in [-0.2, -0.15) is 0 Å². The van der Waals surface area contributed by atoms with Gasteiger partial charge in [-0.3, -0.25) is 0 Å². The highest BCUT2D eigenvalue weighted by atomic mass is 35.5. The number of hydrogen-bond donors (Lipinski definition) is 1. The Morgan fingerprint density at radius 1 is 1.32 bits per heavy atom. The van der Waals surface area contributed by atoms with Crippen molar-refractivity contribution in [2.45, 2.75) is 52.1 Å². The molecule has 0 amide bonds. The normalized spacial score (nSPS) is 16.7. The van der Waals surface area contributed by atoms with E-state index in [9.17, 15) is 0 Å². The second-order valence-corrected chi connectivity index (χ2v) is 6.53. The summed E-state index contributed by atoms with van der Waals surface area (Å²) in [5.41, 5.74) is 8.44. The molecule has 106 valence electrons. The van der Waals surface area contributed by atoms with E-state index in [0.29, 0.717) is 6.04 Å². The minimum atomic E-state index is 0.159. The van der Waals surface area contributed by atoms with Gasteiger partial charge in [0, 0.05) is 18.6 Å². The summed E-state index contributed by atoms with van der Waals surface area (Å²) in [6, 6.07) is 6.80. The van der Waals surface area contributed by atoms with E-state index in [-0.39, 0.29) is 6.04 Å². The van der Waals surface area contributed by atoms with Crippen molar-refractivity contribution < 1.29 is 0 Å². The molecule has 0 aliphatic heterocycles. The van der Waals surface area contributed by atoms with Gasteiger partial charge in [0.05, 0.1) is 10.7 Å². The number of rotatable bonds is 6. The Labute approximate surface area is 121 Å². The summed E-state index contributed by atoms with van der Waals surface area (Å²) in [6.07, 6.45) is 3.59. The Morgan fingerprint density at radius 3 is 2.53 bits per heavy atom. The molecule has 3 heteroatoms. The van der Waals surface area contributed by atoms with Crippen LogP contribution >= 0.6 is 11.6 Å². The molecule has 1 aromatic carbocycles. The van der Waals surface area contributed by atoms with E-state index in [0.717, 1.165) is 23.9 Å². The number of anilines is 1. The first-order valence-corrected chi connectivity index (χ1v) is 7.66. The molecule has 0 aromatic heterocycles. The van der Waals surface area contributed by atoms with E-state index < -0.39 is 0 Å². The van der Waals surface area contributed by atoms with Crippen LogP contribution in [0.3, 0.4) is 0 Å². The molecule has 1 aromatic rings. The summed E-state index contributed by atoms with van der Waals surface area (Å²) < 4.78 is 0. The lowest BCUT2D eigenvalue weighted by atomic mass is 10.0. The van der Waals surface area contributed by atoms with Crippen LogP contribution in [0.25, 0.3) is 0 Å². The maximum absolute atomic E-state index is 6.47. The minimum absolute atomic E-state index is 0.159. The quantitative estimate of drug-likeness (QED) is 0.857. The van der Waals surface area contributed by atoms with E-state index in [1.54, 1.807) is 0 Å². The molecule has 1 aliphatic rings. The van der Waals surface area contributed by atoms with Gasteiger partial charge in [0.1, 0.15) is 0 Å². The second kappa shape index (κ2) is 6.15. The van der Waals surface area contributed by atoms with Crippen molar-refractivity contribution in [1.82, 2.24) is 0 Å². The van der Waals surface area contributed by atoms with Crippen LogP contribution in [0, 0.1) is 5.92 Å². The van der Waals surface area contributed by atoms with Crippen molar-refractivity contribution in [3.05, 3.63) is 28.8 Å². The van der Waals surface area contributed by atoms with Crippen LogP contribution in [0.4, 0.5) is 5.69 Å². The predicted octanol–water partition coefficient (Wildman–Crippen LogP) is 3.85. The number of benzene rings is 1. The van der Waals surface area contributed by atoms with Crippen molar-refractivity contribution in [3.63, 3.8) is 0 Å². The Balaban J connectivity index is 2.32. The summed E-state index contributed by atoms with van der Waals surface area (Å²) in [7, 11) is 0. The van der Waals surface area contributed by atoms with Gasteiger partial charge >= 0.3 is 0 Å². The van der Waals surface area contributed by atoms with E-state index in [4.69, 9.17) is 17.3 Å². The average molecular weight is 281 g/mol. The van der Waals surface area contributed by atoms with Crippen LogP contribution < -0.4 is 10.6 Å². The molecular weight excluding hydrogens is 256 g/mol. The maximum atomic E-state index is 6.47. The number of nitrogens with two attached hydrogens (primary N) is 1. The van der Waals surface area contributed by atoms with E-state index in [1.807, 2.05) is 19.1 Å². The highest BCUT2D eigenvalue weighted by molar-refractivity contribution is 6.33. The lowest BCUT2D eigenvalue weighted by Gasteiger charge is -2.32. The molecule has 2 rings (SSSR count). The summed E-state index contributed by atoms with van der Waals surface area (Å²) >= 11 is 6.47. The molecule has 0 bridgehead atoms. The first kappa shape index (κ1) is 14.7. The summed E-state index contributed by atoms with van der Waals surface area (Å²) in [5.74, 6) is 0.849. The van der Waals surface area contributed by atoms with Crippen LogP contribution in [0.1, 0.15) is 39.2 Å². The molecule has 0 saturated heterocycles. The van der Waals surface area contributed by atoms with Crippen molar-refractivity contribution >= 4 is 17.3 Å². The molecule has 1 aliphatic carbocycles. The Bertz CT molecular complexity index is 425. The fourth-order valence-corrected chi connectivity index (χ4v) is 2.83. The second-order valence-electron chi connectivity index (χ2n) is 6.12. The standard InChI is InChI=1S/C16H25ClN2/c1-11(2)19(10-13-7-8-13)16-14(9-12(3)18)5-4-6-15(16)17/h4-6,11-13H,7-10,18H2,1-3H3. The van der Waals surface area contributed by atoms with E-state index >= 15 is 0 Å². The van der Waals surface area contributed by atoms with Gasteiger partial charge < -0.3 is 10.6 Å². The first-order chi connectivity index (χ1) is 8.99. The zero-order valence-corrected chi connectivity index (χ0v) is 13.0. The van der Waals surface area contributed by atoms with Crippen LogP contribution in [-0.4, -0.2) is 18.6 Å².